The van der Waals surface area contributed by atoms with Crippen molar-refractivity contribution in [3.05, 3.63) is 34.1 Å². The number of hydrogen-bond donors (Lipinski definition) is 1. The minimum Gasteiger partial charge on any atom is -0.493 e. The second kappa shape index (κ2) is 8.97. The Kier molecular flexibility index (Phi) is 6.90. The van der Waals surface area contributed by atoms with Crippen molar-refractivity contribution in [1.82, 2.24) is 9.78 Å². The lowest BCUT2D eigenvalue weighted by molar-refractivity contribution is -0.123. The summed E-state index contributed by atoms with van der Waals surface area (Å²) >= 11 is 6.18. The first-order valence-electron chi connectivity index (χ1n) is 8.71. The fraction of sp³-hybridized carbons (Fsp3) is 0.421. The normalized spacial score (nSPS) is 11.7. The lowest BCUT2D eigenvalue weighted by Crippen LogP contribution is -2.30. The first-order valence-corrected chi connectivity index (χ1v) is 9.09. The number of nitrogens with zero attached hydrogens (tertiary/aromatic N) is 2. The van der Waals surface area contributed by atoms with Crippen molar-refractivity contribution in [1.29, 1.82) is 0 Å². The molecule has 152 valence electrons. The predicted molar refractivity (Wildman–Crippen MR) is 105 cm³/mol. The molecule has 2 aromatic rings. The molecule has 0 aliphatic carbocycles. The minimum atomic E-state index is -1.03. The number of aryl methyl sites for hydroxylation is 2. The van der Waals surface area contributed by atoms with E-state index in [0.29, 0.717) is 29.5 Å². The van der Waals surface area contributed by atoms with E-state index < -0.39 is 18.0 Å². The zero-order chi connectivity index (χ0) is 21.0. The fourth-order valence-corrected chi connectivity index (χ4v) is 2.85. The summed E-state index contributed by atoms with van der Waals surface area (Å²) < 4.78 is 17.6. The van der Waals surface area contributed by atoms with Gasteiger partial charge in [0.15, 0.2) is 17.6 Å². The molecule has 0 bridgehead atoms. The molecule has 0 fully saturated rings. The lowest BCUT2D eigenvalue weighted by Gasteiger charge is -2.16. The number of carbonyl (C=O) groups excluding carboxylic acids is 2. The van der Waals surface area contributed by atoms with Gasteiger partial charge in [-0.15, -0.1) is 0 Å². The molecule has 8 nitrogen and oxygen atoms in total. The molecule has 0 saturated carbocycles. The Morgan fingerprint density at radius 2 is 2.00 bits per heavy atom. The average molecular weight is 410 g/mol. The summed E-state index contributed by atoms with van der Waals surface area (Å²) in [5.74, 6) is -0.515. The van der Waals surface area contributed by atoms with Crippen LogP contribution in [-0.2, 0) is 16.6 Å². The first kappa shape index (κ1) is 21.6. The molecule has 0 aliphatic rings. The van der Waals surface area contributed by atoms with Crippen molar-refractivity contribution < 1.29 is 23.8 Å². The van der Waals surface area contributed by atoms with Crippen LogP contribution in [0.4, 0.5) is 5.69 Å². The lowest BCUT2D eigenvalue weighted by atomic mass is 10.2. The predicted octanol–water partition coefficient (Wildman–Crippen LogP) is 3.28. The fourth-order valence-electron chi connectivity index (χ4n) is 2.58. The van der Waals surface area contributed by atoms with Crippen LogP contribution >= 0.6 is 11.6 Å². The zero-order valence-corrected chi connectivity index (χ0v) is 17.5. The van der Waals surface area contributed by atoms with Gasteiger partial charge in [0.05, 0.1) is 41.4 Å². The second-order valence-electron chi connectivity index (χ2n) is 6.13. The van der Waals surface area contributed by atoms with Gasteiger partial charge in [-0.1, -0.05) is 11.6 Å². The van der Waals surface area contributed by atoms with Crippen LogP contribution in [-0.4, -0.2) is 41.5 Å². The Labute approximate surface area is 168 Å². The third-order valence-electron chi connectivity index (χ3n) is 4.16. The largest absolute Gasteiger partial charge is 0.493 e. The van der Waals surface area contributed by atoms with E-state index in [1.807, 2.05) is 13.8 Å². The molecular weight excluding hydrogens is 386 g/mol. The van der Waals surface area contributed by atoms with Gasteiger partial charge in [-0.25, -0.2) is 4.79 Å². The second-order valence-corrected chi connectivity index (χ2v) is 6.54. The van der Waals surface area contributed by atoms with Crippen LogP contribution in [0.2, 0.25) is 5.02 Å². The van der Waals surface area contributed by atoms with E-state index in [-0.39, 0.29) is 10.6 Å². The van der Waals surface area contributed by atoms with E-state index in [2.05, 4.69) is 10.4 Å². The summed E-state index contributed by atoms with van der Waals surface area (Å²) in [7, 11) is 3.22. The molecule has 0 aliphatic heterocycles. The first-order chi connectivity index (χ1) is 13.2. The molecule has 1 aromatic carbocycles. The van der Waals surface area contributed by atoms with E-state index in [1.165, 1.54) is 26.2 Å². The number of ether oxygens (including phenoxy) is 3. The zero-order valence-electron chi connectivity index (χ0n) is 16.8. The summed E-state index contributed by atoms with van der Waals surface area (Å²) in [5.41, 5.74) is 2.22. The Hall–Kier alpha value is -2.74. The molecule has 1 amide bonds. The quantitative estimate of drug-likeness (QED) is 0.705. The molecule has 0 saturated heterocycles. The van der Waals surface area contributed by atoms with Gasteiger partial charge in [-0.3, -0.25) is 9.48 Å². The SMILES string of the molecule is CCOc1c(Cl)cc(C(=O)O[C@H](C)C(=O)Nc2c(C)nn(C)c2C)cc1OC. The van der Waals surface area contributed by atoms with Crippen molar-refractivity contribution in [2.24, 2.45) is 7.05 Å². The highest BCUT2D eigenvalue weighted by atomic mass is 35.5. The van der Waals surface area contributed by atoms with Crippen molar-refractivity contribution in [3.63, 3.8) is 0 Å². The molecule has 2 rings (SSSR count). The van der Waals surface area contributed by atoms with Crippen molar-refractivity contribution >= 4 is 29.2 Å². The Morgan fingerprint density at radius 1 is 1.32 bits per heavy atom. The van der Waals surface area contributed by atoms with Gasteiger partial charge in [0.2, 0.25) is 0 Å². The highest BCUT2D eigenvalue weighted by Crippen LogP contribution is 2.36. The van der Waals surface area contributed by atoms with Gasteiger partial charge in [0.1, 0.15) is 0 Å². The van der Waals surface area contributed by atoms with Gasteiger partial charge in [-0.05, 0) is 39.8 Å². The molecule has 1 atom stereocenters. The smallest absolute Gasteiger partial charge is 0.339 e. The summed E-state index contributed by atoms with van der Waals surface area (Å²) in [6.07, 6.45) is -1.03. The van der Waals surface area contributed by atoms with Gasteiger partial charge < -0.3 is 19.5 Å². The van der Waals surface area contributed by atoms with Crippen LogP contribution in [0.1, 0.15) is 35.6 Å². The average Bonchev–Trinajstić information content (AvgIpc) is 2.89. The molecular formula is C19H24ClN3O5. The maximum Gasteiger partial charge on any atom is 0.339 e. The topological polar surface area (TPSA) is 91.7 Å². The van der Waals surface area contributed by atoms with Gasteiger partial charge in [0, 0.05) is 7.05 Å². The van der Waals surface area contributed by atoms with Crippen LogP contribution < -0.4 is 14.8 Å². The highest BCUT2D eigenvalue weighted by molar-refractivity contribution is 6.32. The number of methoxy groups -OCH3 is 1. The Balaban J connectivity index is 2.13. The molecule has 1 heterocycles. The molecule has 9 heteroatoms. The number of nitrogens with one attached hydrogen (secondary N) is 1. The van der Waals surface area contributed by atoms with Gasteiger partial charge >= 0.3 is 5.97 Å². The molecule has 0 spiro atoms. The standard InChI is InChI=1S/C19H24ClN3O5/c1-7-27-17-14(20)8-13(9-15(17)26-6)19(25)28-12(4)18(24)21-16-10(2)22-23(5)11(16)3/h8-9,12H,7H2,1-6H3,(H,21,24)/t12-/m1/s1. The number of amides is 1. The molecule has 1 N–H and O–H groups in total. The number of esters is 1. The third kappa shape index (κ3) is 4.56. The number of rotatable bonds is 7. The molecule has 1 aromatic heterocycles. The van der Waals surface area contributed by atoms with Gasteiger partial charge in [-0.2, -0.15) is 5.10 Å². The van der Waals surface area contributed by atoms with Crippen LogP contribution in [0, 0.1) is 13.8 Å². The maximum absolute atomic E-state index is 12.5. The van der Waals surface area contributed by atoms with E-state index in [1.54, 1.807) is 18.7 Å². The summed E-state index contributed by atoms with van der Waals surface area (Å²) in [6, 6.07) is 2.87. The number of hydrogen-bond acceptors (Lipinski definition) is 6. The molecule has 28 heavy (non-hydrogen) atoms. The number of anilines is 1. The summed E-state index contributed by atoms with van der Waals surface area (Å²) in [4.78, 5) is 24.9. The van der Waals surface area contributed by atoms with Crippen molar-refractivity contribution in [3.8, 4) is 11.5 Å². The summed E-state index contributed by atoms with van der Waals surface area (Å²) in [6.45, 7) is 7.31. The number of benzene rings is 1. The number of aromatic nitrogens is 2. The van der Waals surface area contributed by atoms with Crippen LogP contribution in [0.25, 0.3) is 0 Å². The van der Waals surface area contributed by atoms with Crippen LogP contribution in [0.15, 0.2) is 12.1 Å². The van der Waals surface area contributed by atoms with E-state index in [4.69, 9.17) is 25.8 Å². The Morgan fingerprint density at radius 3 is 2.54 bits per heavy atom. The third-order valence-corrected chi connectivity index (χ3v) is 4.44. The van der Waals surface area contributed by atoms with E-state index in [0.717, 1.165) is 5.69 Å². The van der Waals surface area contributed by atoms with Crippen LogP contribution in [0.3, 0.4) is 0 Å². The summed E-state index contributed by atoms with van der Waals surface area (Å²) in [5, 5.41) is 7.20. The Bertz CT molecular complexity index is 894. The van der Waals surface area contributed by atoms with Gasteiger partial charge in [0.25, 0.3) is 5.91 Å². The highest BCUT2D eigenvalue weighted by Gasteiger charge is 2.23. The number of halogens is 1. The minimum absolute atomic E-state index is 0.152. The van der Waals surface area contributed by atoms with E-state index >= 15 is 0 Å². The molecule has 0 unspecified atom stereocenters. The van der Waals surface area contributed by atoms with E-state index in [9.17, 15) is 9.59 Å². The van der Waals surface area contributed by atoms with Crippen molar-refractivity contribution in [2.75, 3.05) is 19.0 Å². The monoisotopic (exact) mass is 409 g/mol. The molecule has 0 radical (unpaired) electrons. The van der Waals surface area contributed by atoms with Crippen molar-refractivity contribution in [2.45, 2.75) is 33.8 Å². The number of carbonyl (C=O) groups is 2. The van der Waals surface area contributed by atoms with Crippen LogP contribution in [0.5, 0.6) is 11.5 Å². The maximum atomic E-state index is 12.5.